The second-order valence-electron chi connectivity index (χ2n) is 7.29. The van der Waals surface area contributed by atoms with Gasteiger partial charge in [-0.15, -0.1) is 5.10 Å². The summed E-state index contributed by atoms with van der Waals surface area (Å²) in [6, 6.07) is 12.3. The highest BCUT2D eigenvalue weighted by Crippen LogP contribution is 2.41. The third kappa shape index (κ3) is 4.15. The number of amides is 1. The van der Waals surface area contributed by atoms with Gasteiger partial charge in [0.25, 0.3) is 0 Å². The molecule has 1 aliphatic heterocycles. The maximum absolute atomic E-state index is 14.4. The number of ether oxygens (including phenoxy) is 1. The molecule has 29 heavy (non-hydrogen) atoms. The molecule has 154 valence electrons. The lowest BCUT2D eigenvalue weighted by Crippen LogP contribution is -2.46. The number of carbonyl (C=O) groups excluding carboxylic acids is 1. The normalized spacial score (nSPS) is 18.7. The second-order valence-corrected chi connectivity index (χ2v) is 7.29. The van der Waals surface area contributed by atoms with Crippen LogP contribution in [0.15, 0.2) is 53.6 Å². The van der Waals surface area contributed by atoms with Gasteiger partial charge >= 0.3 is 0 Å². The van der Waals surface area contributed by atoms with Crippen LogP contribution in [0.5, 0.6) is 0 Å². The van der Waals surface area contributed by atoms with Crippen molar-refractivity contribution >= 4 is 11.8 Å². The van der Waals surface area contributed by atoms with E-state index >= 15 is 0 Å². The second kappa shape index (κ2) is 8.69. The van der Waals surface area contributed by atoms with Crippen molar-refractivity contribution in [1.29, 1.82) is 0 Å². The van der Waals surface area contributed by atoms with Crippen LogP contribution in [0.1, 0.15) is 37.8 Å². The van der Waals surface area contributed by atoms with Gasteiger partial charge < -0.3 is 10.1 Å². The zero-order chi connectivity index (χ0) is 21.0. The van der Waals surface area contributed by atoms with E-state index in [2.05, 4.69) is 10.4 Å². The molecule has 1 heterocycles. The fourth-order valence-corrected chi connectivity index (χ4v) is 3.32. The maximum Gasteiger partial charge on any atom is 0.249 e. The standard InChI is InChI=1S/C22H25F2N3O2/c1-15(2)21(28)27-22(12-7-13-25-3,16-8-5-4-6-9-16)29-20(26-27)18-14-17(23)10-11-19(18)24/h4-6,8-11,14-15,25H,7,12-13H2,1-3H3. The predicted molar refractivity (Wildman–Crippen MR) is 107 cm³/mol. The first-order valence-corrected chi connectivity index (χ1v) is 9.66. The van der Waals surface area contributed by atoms with Gasteiger partial charge in [-0.25, -0.2) is 8.78 Å². The first kappa shape index (κ1) is 20.9. The van der Waals surface area contributed by atoms with E-state index in [1.165, 1.54) is 5.01 Å². The average Bonchev–Trinajstić information content (AvgIpc) is 3.10. The molecule has 2 aromatic rings. The van der Waals surface area contributed by atoms with E-state index in [-0.39, 0.29) is 23.3 Å². The topological polar surface area (TPSA) is 53.9 Å². The molecular formula is C22H25F2N3O2. The summed E-state index contributed by atoms with van der Waals surface area (Å²) in [6.45, 7) is 4.23. The Morgan fingerprint density at radius 1 is 1.21 bits per heavy atom. The molecular weight excluding hydrogens is 376 g/mol. The highest BCUT2D eigenvalue weighted by atomic mass is 19.1. The van der Waals surface area contributed by atoms with Crippen molar-refractivity contribution < 1.29 is 18.3 Å². The number of carbonyl (C=O) groups is 1. The van der Waals surface area contributed by atoms with E-state index in [0.29, 0.717) is 19.4 Å². The monoisotopic (exact) mass is 401 g/mol. The molecule has 1 N–H and O–H groups in total. The van der Waals surface area contributed by atoms with E-state index in [1.54, 1.807) is 13.8 Å². The molecule has 0 fully saturated rings. The molecule has 1 atom stereocenters. The van der Waals surface area contributed by atoms with Crippen LogP contribution in [-0.4, -0.2) is 30.4 Å². The van der Waals surface area contributed by atoms with Crippen LogP contribution in [0, 0.1) is 17.6 Å². The molecule has 1 amide bonds. The summed E-state index contributed by atoms with van der Waals surface area (Å²) in [5, 5.41) is 8.72. The number of hydrogen-bond donors (Lipinski definition) is 1. The molecule has 1 unspecified atom stereocenters. The number of rotatable bonds is 7. The molecule has 0 saturated heterocycles. The van der Waals surface area contributed by atoms with Crippen LogP contribution >= 0.6 is 0 Å². The molecule has 0 bridgehead atoms. The van der Waals surface area contributed by atoms with Crippen LogP contribution < -0.4 is 5.32 Å². The fraction of sp³-hybridized carbons (Fsp3) is 0.364. The van der Waals surface area contributed by atoms with Crippen LogP contribution in [0.25, 0.3) is 0 Å². The van der Waals surface area contributed by atoms with Crippen LogP contribution in [0.2, 0.25) is 0 Å². The summed E-state index contributed by atoms with van der Waals surface area (Å²) in [7, 11) is 1.84. The van der Waals surface area contributed by atoms with Gasteiger partial charge in [-0.05, 0) is 38.2 Å². The minimum atomic E-state index is -1.23. The zero-order valence-corrected chi connectivity index (χ0v) is 16.8. The van der Waals surface area contributed by atoms with Crippen molar-refractivity contribution in [3.8, 4) is 0 Å². The lowest BCUT2D eigenvalue weighted by molar-refractivity contribution is -0.156. The molecule has 3 rings (SSSR count). The largest absolute Gasteiger partial charge is 0.443 e. The smallest absolute Gasteiger partial charge is 0.249 e. The molecule has 0 saturated carbocycles. The molecule has 2 aromatic carbocycles. The number of nitrogens with one attached hydrogen (secondary N) is 1. The first-order chi connectivity index (χ1) is 13.9. The lowest BCUT2D eigenvalue weighted by Gasteiger charge is -2.36. The molecule has 0 radical (unpaired) electrons. The van der Waals surface area contributed by atoms with Crippen molar-refractivity contribution in [2.75, 3.05) is 13.6 Å². The Hall–Kier alpha value is -2.80. The fourth-order valence-electron chi connectivity index (χ4n) is 3.32. The van der Waals surface area contributed by atoms with E-state index in [9.17, 15) is 13.6 Å². The molecule has 7 heteroatoms. The highest BCUT2D eigenvalue weighted by Gasteiger charge is 2.50. The van der Waals surface area contributed by atoms with Crippen molar-refractivity contribution in [2.45, 2.75) is 32.4 Å². The van der Waals surface area contributed by atoms with E-state index in [4.69, 9.17) is 4.74 Å². The number of hydrazone groups is 1. The Balaban J connectivity index is 2.12. The van der Waals surface area contributed by atoms with E-state index in [1.807, 2.05) is 37.4 Å². The quantitative estimate of drug-likeness (QED) is 0.714. The van der Waals surface area contributed by atoms with Gasteiger partial charge in [0.2, 0.25) is 17.5 Å². The number of nitrogens with zero attached hydrogens (tertiary/aromatic N) is 2. The Kier molecular flexibility index (Phi) is 6.27. The third-order valence-electron chi connectivity index (χ3n) is 4.83. The summed E-state index contributed by atoms with van der Waals surface area (Å²) >= 11 is 0. The number of hydrogen-bond acceptors (Lipinski definition) is 4. The Morgan fingerprint density at radius 3 is 2.59 bits per heavy atom. The molecule has 0 aromatic heterocycles. The molecule has 0 spiro atoms. The van der Waals surface area contributed by atoms with Gasteiger partial charge in [0.05, 0.1) is 5.56 Å². The Bertz CT molecular complexity index is 902. The van der Waals surface area contributed by atoms with Gasteiger partial charge in [0, 0.05) is 17.9 Å². The van der Waals surface area contributed by atoms with Crippen molar-refractivity contribution in [1.82, 2.24) is 10.3 Å². The maximum atomic E-state index is 14.4. The van der Waals surface area contributed by atoms with Gasteiger partial charge in [0.1, 0.15) is 11.6 Å². The SMILES string of the molecule is CNCCCC1(c2ccccc2)OC(c2cc(F)ccc2F)=NN1C(=O)C(C)C. The first-order valence-electron chi connectivity index (χ1n) is 9.66. The van der Waals surface area contributed by atoms with Gasteiger partial charge in [-0.3, -0.25) is 4.79 Å². The van der Waals surface area contributed by atoms with Crippen LogP contribution in [-0.2, 0) is 15.3 Å². The summed E-state index contributed by atoms with van der Waals surface area (Å²) < 4.78 is 34.4. The van der Waals surface area contributed by atoms with Crippen LogP contribution in [0.3, 0.4) is 0 Å². The number of benzene rings is 2. The summed E-state index contributed by atoms with van der Waals surface area (Å²) in [5.74, 6) is -2.00. The summed E-state index contributed by atoms with van der Waals surface area (Å²) in [5.41, 5.74) is -0.619. The predicted octanol–water partition coefficient (Wildman–Crippen LogP) is 3.99. The summed E-state index contributed by atoms with van der Waals surface area (Å²) in [6.07, 6.45) is 1.11. The van der Waals surface area contributed by atoms with E-state index < -0.39 is 17.4 Å². The number of halogens is 2. The highest BCUT2D eigenvalue weighted by molar-refractivity contribution is 5.97. The Labute approximate surface area is 169 Å². The molecule has 5 nitrogen and oxygen atoms in total. The third-order valence-corrected chi connectivity index (χ3v) is 4.83. The van der Waals surface area contributed by atoms with Crippen molar-refractivity contribution in [3.05, 3.63) is 71.3 Å². The lowest BCUT2D eigenvalue weighted by atomic mass is 9.95. The van der Waals surface area contributed by atoms with Gasteiger partial charge in [-0.1, -0.05) is 44.2 Å². The Morgan fingerprint density at radius 2 is 1.93 bits per heavy atom. The van der Waals surface area contributed by atoms with Gasteiger partial charge in [0.15, 0.2) is 0 Å². The zero-order valence-electron chi connectivity index (χ0n) is 16.8. The molecule has 1 aliphatic rings. The minimum absolute atomic E-state index is 0.107. The van der Waals surface area contributed by atoms with Gasteiger partial charge in [-0.2, -0.15) is 5.01 Å². The van der Waals surface area contributed by atoms with Crippen molar-refractivity contribution in [2.24, 2.45) is 11.0 Å². The average molecular weight is 401 g/mol. The van der Waals surface area contributed by atoms with E-state index in [0.717, 1.165) is 23.8 Å². The van der Waals surface area contributed by atoms with Crippen molar-refractivity contribution in [3.63, 3.8) is 0 Å². The minimum Gasteiger partial charge on any atom is -0.443 e. The van der Waals surface area contributed by atoms with Crippen LogP contribution in [0.4, 0.5) is 8.78 Å². The molecule has 0 aliphatic carbocycles. The summed E-state index contributed by atoms with van der Waals surface area (Å²) in [4.78, 5) is 13.1.